The zero-order valence-electron chi connectivity index (χ0n) is 9.41. The molecule has 1 aromatic carbocycles. The summed E-state index contributed by atoms with van der Waals surface area (Å²) in [5.74, 6) is -0.735. The largest absolute Gasteiger partial charge is 0.508 e. The summed E-state index contributed by atoms with van der Waals surface area (Å²) < 4.78 is 5.40. The highest BCUT2D eigenvalue weighted by Crippen LogP contribution is 2.17. The smallest absolute Gasteiger partial charge is 0.358 e. The molecular weight excluding hydrogens is 234 g/mol. The van der Waals surface area contributed by atoms with Gasteiger partial charge in [-0.05, 0) is 29.8 Å². The van der Waals surface area contributed by atoms with Crippen LogP contribution in [0.4, 0.5) is 0 Å². The Balaban J connectivity index is 2.10. The van der Waals surface area contributed by atoms with Crippen molar-refractivity contribution < 1.29 is 19.7 Å². The topological polar surface area (TPSA) is 79.7 Å². The van der Waals surface area contributed by atoms with Crippen LogP contribution in [0.15, 0.2) is 42.6 Å². The van der Waals surface area contributed by atoms with Crippen LogP contribution in [0.2, 0.25) is 0 Å². The Labute approximate surface area is 103 Å². The zero-order chi connectivity index (χ0) is 13.0. The first-order chi connectivity index (χ1) is 8.66. The van der Waals surface area contributed by atoms with Crippen molar-refractivity contribution in [1.82, 2.24) is 4.98 Å². The van der Waals surface area contributed by atoms with Crippen molar-refractivity contribution in [3.63, 3.8) is 0 Å². The number of aromatic hydroxyl groups is 1. The van der Waals surface area contributed by atoms with Gasteiger partial charge in [-0.3, -0.25) is 0 Å². The summed E-state index contributed by atoms with van der Waals surface area (Å²) in [6.07, 6.45) is 1.40. The van der Waals surface area contributed by atoms with Crippen LogP contribution in [-0.4, -0.2) is 21.2 Å². The Hall–Kier alpha value is -2.56. The SMILES string of the molecule is O=C(O)c1ncccc1OCc1ccc(O)cc1. The van der Waals surface area contributed by atoms with Crippen LogP contribution in [-0.2, 0) is 6.61 Å². The second-order valence-corrected chi connectivity index (χ2v) is 3.61. The second-order valence-electron chi connectivity index (χ2n) is 3.61. The maximum atomic E-state index is 10.9. The minimum absolute atomic E-state index is 0.115. The van der Waals surface area contributed by atoms with E-state index < -0.39 is 5.97 Å². The fourth-order valence-corrected chi connectivity index (χ4v) is 1.42. The van der Waals surface area contributed by atoms with Crippen molar-refractivity contribution in [2.45, 2.75) is 6.61 Å². The van der Waals surface area contributed by atoms with Crippen molar-refractivity contribution >= 4 is 5.97 Å². The van der Waals surface area contributed by atoms with Crippen LogP contribution in [0, 0.1) is 0 Å². The summed E-state index contributed by atoms with van der Waals surface area (Å²) in [5.41, 5.74) is 0.712. The molecule has 1 aromatic heterocycles. The number of ether oxygens (including phenoxy) is 1. The van der Waals surface area contributed by atoms with Gasteiger partial charge in [0, 0.05) is 6.20 Å². The molecule has 2 rings (SSSR count). The van der Waals surface area contributed by atoms with Gasteiger partial charge in [-0.1, -0.05) is 12.1 Å². The van der Waals surface area contributed by atoms with E-state index in [1.54, 1.807) is 36.4 Å². The lowest BCUT2D eigenvalue weighted by atomic mass is 10.2. The lowest BCUT2D eigenvalue weighted by molar-refractivity contribution is 0.0685. The molecule has 2 N–H and O–H groups in total. The van der Waals surface area contributed by atoms with Gasteiger partial charge in [-0.25, -0.2) is 9.78 Å². The fraction of sp³-hybridized carbons (Fsp3) is 0.0769. The lowest BCUT2D eigenvalue weighted by Crippen LogP contribution is -2.05. The highest BCUT2D eigenvalue weighted by atomic mass is 16.5. The minimum Gasteiger partial charge on any atom is -0.508 e. The number of benzene rings is 1. The van der Waals surface area contributed by atoms with Crippen LogP contribution in [0.3, 0.4) is 0 Å². The molecule has 0 atom stereocenters. The molecule has 0 amide bonds. The van der Waals surface area contributed by atoms with Crippen molar-refractivity contribution in [3.05, 3.63) is 53.9 Å². The first kappa shape index (κ1) is 11.9. The summed E-state index contributed by atoms with van der Waals surface area (Å²) in [6, 6.07) is 9.65. The summed E-state index contributed by atoms with van der Waals surface area (Å²) in [7, 11) is 0. The number of carbonyl (C=O) groups is 1. The quantitative estimate of drug-likeness (QED) is 0.861. The maximum Gasteiger partial charge on any atom is 0.358 e. The number of phenolic OH excluding ortho intramolecular Hbond substituents is 1. The number of aromatic carboxylic acids is 1. The highest BCUT2D eigenvalue weighted by molar-refractivity contribution is 5.88. The molecule has 0 saturated carbocycles. The number of phenols is 1. The van der Waals surface area contributed by atoms with E-state index in [9.17, 15) is 4.79 Å². The van der Waals surface area contributed by atoms with E-state index in [-0.39, 0.29) is 23.8 Å². The van der Waals surface area contributed by atoms with E-state index in [2.05, 4.69) is 4.98 Å². The van der Waals surface area contributed by atoms with Gasteiger partial charge >= 0.3 is 5.97 Å². The predicted molar refractivity (Wildman–Crippen MR) is 63.6 cm³/mol. The van der Waals surface area contributed by atoms with Gasteiger partial charge in [0.1, 0.15) is 12.4 Å². The monoisotopic (exact) mass is 245 g/mol. The number of hydrogen-bond donors (Lipinski definition) is 2. The average molecular weight is 245 g/mol. The molecule has 0 aliphatic rings. The van der Waals surface area contributed by atoms with E-state index >= 15 is 0 Å². The van der Waals surface area contributed by atoms with Gasteiger partial charge in [0.15, 0.2) is 11.4 Å². The Morgan fingerprint density at radius 2 is 1.94 bits per heavy atom. The summed E-state index contributed by atoms with van der Waals surface area (Å²) in [5, 5.41) is 18.1. The van der Waals surface area contributed by atoms with Crippen LogP contribution >= 0.6 is 0 Å². The first-order valence-electron chi connectivity index (χ1n) is 5.26. The van der Waals surface area contributed by atoms with E-state index in [4.69, 9.17) is 14.9 Å². The minimum atomic E-state index is -1.13. The number of rotatable bonds is 4. The Kier molecular flexibility index (Phi) is 3.43. The Morgan fingerprint density at radius 1 is 1.22 bits per heavy atom. The van der Waals surface area contributed by atoms with E-state index in [0.717, 1.165) is 5.56 Å². The van der Waals surface area contributed by atoms with Gasteiger partial charge in [-0.2, -0.15) is 0 Å². The maximum absolute atomic E-state index is 10.9. The van der Waals surface area contributed by atoms with Crippen LogP contribution < -0.4 is 4.74 Å². The van der Waals surface area contributed by atoms with Crippen LogP contribution in [0.25, 0.3) is 0 Å². The molecule has 5 nitrogen and oxygen atoms in total. The standard InChI is InChI=1S/C13H11NO4/c15-10-5-3-9(4-6-10)8-18-11-2-1-7-14-12(11)13(16)17/h1-7,15H,8H2,(H,16,17). The van der Waals surface area contributed by atoms with Gasteiger partial charge < -0.3 is 14.9 Å². The Morgan fingerprint density at radius 3 is 2.61 bits per heavy atom. The predicted octanol–water partition coefficient (Wildman–Crippen LogP) is 2.06. The molecule has 0 aliphatic heterocycles. The van der Waals surface area contributed by atoms with E-state index in [1.165, 1.54) is 6.20 Å². The van der Waals surface area contributed by atoms with Crippen LogP contribution in [0.5, 0.6) is 11.5 Å². The van der Waals surface area contributed by atoms with E-state index in [1.807, 2.05) is 0 Å². The summed E-state index contributed by atoms with van der Waals surface area (Å²) in [6.45, 7) is 0.215. The number of aromatic nitrogens is 1. The normalized spacial score (nSPS) is 10.0. The summed E-state index contributed by atoms with van der Waals surface area (Å²) in [4.78, 5) is 14.6. The van der Waals surface area contributed by atoms with Crippen molar-refractivity contribution in [2.24, 2.45) is 0 Å². The number of nitrogens with zero attached hydrogens (tertiary/aromatic N) is 1. The number of pyridine rings is 1. The molecular formula is C13H11NO4. The molecule has 2 aromatic rings. The second kappa shape index (κ2) is 5.18. The van der Waals surface area contributed by atoms with E-state index in [0.29, 0.717) is 0 Å². The summed E-state index contributed by atoms with van der Waals surface area (Å²) >= 11 is 0. The van der Waals surface area contributed by atoms with Gasteiger partial charge in [-0.15, -0.1) is 0 Å². The molecule has 0 spiro atoms. The zero-order valence-corrected chi connectivity index (χ0v) is 9.41. The van der Waals surface area contributed by atoms with Gasteiger partial charge in [0.25, 0.3) is 0 Å². The lowest BCUT2D eigenvalue weighted by Gasteiger charge is -2.08. The third kappa shape index (κ3) is 2.76. The molecule has 5 heteroatoms. The average Bonchev–Trinajstić information content (AvgIpc) is 2.38. The number of hydrogen-bond acceptors (Lipinski definition) is 4. The third-order valence-electron chi connectivity index (χ3n) is 2.30. The number of carboxylic acid groups (broad SMARTS) is 1. The molecule has 0 unspecified atom stereocenters. The molecule has 18 heavy (non-hydrogen) atoms. The Bertz CT molecular complexity index is 551. The van der Waals surface area contributed by atoms with Crippen LogP contribution in [0.1, 0.15) is 16.1 Å². The van der Waals surface area contributed by atoms with Gasteiger partial charge in [0.05, 0.1) is 0 Å². The molecule has 1 heterocycles. The van der Waals surface area contributed by atoms with Crippen molar-refractivity contribution in [2.75, 3.05) is 0 Å². The first-order valence-corrected chi connectivity index (χ1v) is 5.26. The molecule has 0 aliphatic carbocycles. The fourth-order valence-electron chi connectivity index (χ4n) is 1.42. The molecule has 0 saturated heterocycles. The highest BCUT2D eigenvalue weighted by Gasteiger charge is 2.11. The molecule has 0 bridgehead atoms. The van der Waals surface area contributed by atoms with Gasteiger partial charge in [0.2, 0.25) is 0 Å². The molecule has 0 fully saturated rings. The van der Waals surface area contributed by atoms with Crippen molar-refractivity contribution in [3.8, 4) is 11.5 Å². The number of carboxylic acids is 1. The molecule has 0 radical (unpaired) electrons. The molecule has 92 valence electrons. The third-order valence-corrected chi connectivity index (χ3v) is 2.30. The van der Waals surface area contributed by atoms with Crippen molar-refractivity contribution in [1.29, 1.82) is 0 Å².